The summed E-state index contributed by atoms with van der Waals surface area (Å²) >= 11 is 6.50. The Balaban J connectivity index is 1.36. The summed E-state index contributed by atoms with van der Waals surface area (Å²) in [5, 5.41) is 9.11. The first-order valence-electron chi connectivity index (χ1n) is 10.9. The first kappa shape index (κ1) is 21.2. The van der Waals surface area contributed by atoms with Crippen LogP contribution < -0.4 is 10.5 Å². The van der Waals surface area contributed by atoms with E-state index in [-0.39, 0.29) is 22.6 Å². The minimum absolute atomic E-state index is 0.173. The third kappa shape index (κ3) is 3.93. The van der Waals surface area contributed by atoms with Crippen molar-refractivity contribution in [2.45, 2.75) is 51.9 Å². The molecule has 1 unspecified atom stereocenters. The fourth-order valence-corrected chi connectivity index (χ4v) is 4.77. The smallest absolute Gasteiger partial charge is 0.290 e. The van der Waals surface area contributed by atoms with Gasteiger partial charge in [-0.05, 0) is 49.4 Å². The van der Waals surface area contributed by atoms with Crippen LogP contribution >= 0.6 is 11.6 Å². The molecular formula is C23H25ClFN5O2. The molecule has 7 nitrogen and oxygen atoms in total. The number of halogens is 2. The topological polar surface area (TPSA) is 65.2 Å². The molecule has 0 N–H and O–H groups in total. The van der Waals surface area contributed by atoms with Crippen LogP contribution in [0, 0.1) is 12.7 Å². The molecule has 32 heavy (non-hydrogen) atoms. The predicted molar refractivity (Wildman–Crippen MR) is 120 cm³/mol. The van der Waals surface area contributed by atoms with Gasteiger partial charge in [0.15, 0.2) is 6.23 Å². The van der Waals surface area contributed by atoms with E-state index in [1.165, 1.54) is 10.7 Å². The lowest BCUT2D eigenvalue weighted by atomic mass is 10.1. The van der Waals surface area contributed by atoms with Crippen molar-refractivity contribution in [1.29, 1.82) is 0 Å². The Morgan fingerprint density at radius 1 is 1.25 bits per heavy atom. The van der Waals surface area contributed by atoms with E-state index in [0.29, 0.717) is 31.9 Å². The van der Waals surface area contributed by atoms with Crippen molar-refractivity contribution < 1.29 is 9.13 Å². The second kappa shape index (κ2) is 8.67. The number of benzene rings is 1. The summed E-state index contributed by atoms with van der Waals surface area (Å²) < 4.78 is 22.5. The zero-order valence-corrected chi connectivity index (χ0v) is 18.7. The molecule has 2 aliphatic heterocycles. The Kier molecular flexibility index (Phi) is 5.73. The van der Waals surface area contributed by atoms with Gasteiger partial charge in [0.25, 0.3) is 5.56 Å². The molecular weight excluding hydrogens is 433 g/mol. The van der Waals surface area contributed by atoms with E-state index in [2.05, 4.69) is 15.1 Å². The molecule has 1 fully saturated rings. The maximum absolute atomic E-state index is 13.4. The molecule has 1 saturated heterocycles. The van der Waals surface area contributed by atoms with Gasteiger partial charge in [-0.2, -0.15) is 14.9 Å². The Morgan fingerprint density at radius 2 is 2.12 bits per heavy atom. The van der Waals surface area contributed by atoms with E-state index in [0.717, 1.165) is 48.1 Å². The average molecular weight is 458 g/mol. The second-order valence-corrected chi connectivity index (χ2v) is 8.81. The van der Waals surface area contributed by atoms with Crippen molar-refractivity contribution in [2.75, 3.05) is 18.1 Å². The van der Waals surface area contributed by atoms with Crippen molar-refractivity contribution in [3.63, 3.8) is 0 Å². The molecule has 2 aliphatic rings. The van der Waals surface area contributed by atoms with Crippen molar-refractivity contribution in [1.82, 2.24) is 19.6 Å². The maximum Gasteiger partial charge on any atom is 0.290 e. The molecule has 1 aromatic carbocycles. The lowest BCUT2D eigenvalue weighted by Crippen LogP contribution is -2.35. The number of ether oxygens (including phenoxy) is 1. The minimum Gasteiger partial charge on any atom is -0.364 e. The van der Waals surface area contributed by atoms with Gasteiger partial charge in [0.1, 0.15) is 10.8 Å². The van der Waals surface area contributed by atoms with Crippen LogP contribution in [-0.2, 0) is 24.2 Å². The van der Waals surface area contributed by atoms with Gasteiger partial charge in [-0.1, -0.05) is 17.7 Å². The minimum atomic E-state index is -0.344. The summed E-state index contributed by atoms with van der Waals surface area (Å²) in [7, 11) is 0. The molecule has 0 spiro atoms. The molecule has 9 heteroatoms. The highest BCUT2D eigenvalue weighted by atomic mass is 35.5. The number of aromatic nitrogens is 4. The maximum atomic E-state index is 13.4. The zero-order chi connectivity index (χ0) is 22.2. The largest absolute Gasteiger partial charge is 0.364 e. The van der Waals surface area contributed by atoms with Crippen LogP contribution in [0.2, 0.25) is 5.02 Å². The van der Waals surface area contributed by atoms with Gasteiger partial charge in [-0.25, -0.2) is 4.39 Å². The number of rotatable bonds is 4. The number of hydrogen-bond acceptors (Lipinski definition) is 5. The number of nitrogens with zero attached hydrogens (tertiary/aromatic N) is 5. The molecule has 0 bridgehead atoms. The molecule has 2 aromatic heterocycles. The summed E-state index contributed by atoms with van der Waals surface area (Å²) in [6.07, 6.45) is 6.72. The van der Waals surface area contributed by atoms with E-state index >= 15 is 0 Å². The van der Waals surface area contributed by atoms with Crippen molar-refractivity contribution >= 4 is 17.3 Å². The molecule has 0 aliphatic carbocycles. The highest BCUT2D eigenvalue weighted by Gasteiger charge is 2.26. The number of anilines is 1. The molecule has 0 saturated carbocycles. The molecule has 4 heterocycles. The van der Waals surface area contributed by atoms with Crippen LogP contribution in [-0.4, -0.2) is 32.7 Å². The normalized spacial score (nSPS) is 18.6. The number of hydrogen-bond donors (Lipinski definition) is 0. The Bertz CT molecular complexity index is 1200. The SMILES string of the molecule is Cc1cc(F)ccc1Cn1ncc2c1CCN(c1cnn(C3CCCCO3)c(=O)c1Cl)C2. The molecule has 1 atom stereocenters. The van der Waals surface area contributed by atoms with E-state index in [1.54, 1.807) is 12.3 Å². The standard InChI is InChI=1S/C23H25ClFN5O2/c1-15-10-18(25)6-5-16(15)14-29-19-7-8-28(13-17(19)11-26-29)20-12-27-30(23(31)22(20)24)21-4-2-3-9-32-21/h5-6,10-12,21H,2-4,7-9,13-14H2,1H3. The second-order valence-electron chi connectivity index (χ2n) is 8.43. The zero-order valence-electron chi connectivity index (χ0n) is 17.9. The Labute approximate surface area is 190 Å². The van der Waals surface area contributed by atoms with Crippen LogP contribution in [0.25, 0.3) is 0 Å². The summed E-state index contributed by atoms with van der Waals surface area (Å²) in [6.45, 7) is 4.44. The van der Waals surface area contributed by atoms with Crippen molar-refractivity contribution in [3.05, 3.63) is 74.2 Å². The summed E-state index contributed by atoms with van der Waals surface area (Å²) in [5.74, 6) is -0.230. The van der Waals surface area contributed by atoms with Crippen molar-refractivity contribution in [2.24, 2.45) is 0 Å². The fourth-order valence-electron chi connectivity index (χ4n) is 4.51. The van der Waals surface area contributed by atoms with Crippen LogP contribution in [0.3, 0.4) is 0 Å². The van der Waals surface area contributed by atoms with Gasteiger partial charge in [-0.15, -0.1) is 0 Å². The third-order valence-corrected chi connectivity index (χ3v) is 6.69. The number of aryl methyl sites for hydroxylation is 1. The molecule has 0 radical (unpaired) electrons. The van der Waals surface area contributed by atoms with Crippen LogP contribution in [0.4, 0.5) is 10.1 Å². The van der Waals surface area contributed by atoms with Gasteiger partial charge in [-0.3, -0.25) is 9.48 Å². The Morgan fingerprint density at radius 3 is 2.91 bits per heavy atom. The third-order valence-electron chi connectivity index (χ3n) is 6.33. The number of fused-ring (bicyclic) bond motifs is 1. The quantitative estimate of drug-likeness (QED) is 0.595. The van der Waals surface area contributed by atoms with E-state index < -0.39 is 0 Å². The lowest BCUT2D eigenvalue weighted by molar-refractivity contribution is -0.0424. The van der Waals surface area contributed by atoms with Gasteiger partial charge < -0.3 is 9.64 Å². The summed E-state index contributed by atoms with van der Waals surface area (Å²) in [5.41, 5.74) is 4.51. The molecule has 168 valence electrons. The summed E-state index contributed by atoms with van der Waals surface area (Å²) in [6, 6.07) is 4.84. The molecule has 5 rings (SSSR count). The van der Waals surface area contributed by atoms with Crippen LogP contribution in [0.1, 0.15) is 47.9 Å². The van der Waals surface area contributed by atoms with Crippen LogP contribution in [0.5, 0.6) is 0 Å². The first-order valence-corrected chi connectivity index (χ1v) is 11.3. The Hall–Kier alpha value is -2.71. The monoisotopic (exact) mass is 457 g/mol. The highest BCUT2D eigenvalue weighted by molar-refractivity contribution is 6.33. The summed E-state index contributed by atoms with van der Waals surface area (Å²) in [4.78, 5) is 14.9. The van der Waals surface area contributed by atoms with Gasteiger partial charge in [0, 0.05) is 37.4 Å². The predicted octanol–water partition coefficient (Wildman–Crippen LogP) is 3.85. The van der Waals surface area contributed by atoms with Crippen molar-refractivity contribution in [3.8, 4) is 0 Å². The lowest BCUT2D eigenvalue weighted by Gasteiger charge is -2.30. The van der Waals surface area contributed by atoms with Gasteiger partial charge >= 0.3 is 0 Å². The van der Waals surface area contributed by atoms with E-state index in [1.807, 2.05) is 23.9 Å². The fraction of sp³-hybridized carbons (Fsp3) is 0.435. The molecule has 3 aromatic rings. The van der Waals surface area contributed by atoms with Gasteiger partial charge in [0.2, 0.25) is 0 Å². The highest BCUT2D eigenvalue weighted by Crippen LogP contribution is 2.29. The average Bonchev–Trinajstić information content (AvgIpc) is 3.20. The first-order chi connectivity index (χ1) is 15.5. The van der Waals surface area contributed by atoms with E-state index in [4.69, 9.17) is 16.3 Å². The van der Waals surface area contributed by atoms with Crippen LogP contribution in [0.15, 0.2) is 35.4 Å². The van der Waals surface area contributed by atoms with Gasteiger partial charge in [0.05, 0.1) is 24.6 Å². The van der Waals surface area contributed by atoms with E-state index in [9.17, 15) is 9.18 Å². The molecule has 0 amide bonds.